The zero-order chi connectivity index (χ0) is 13.4. The summed E-state index contributed by atoms with van der Waals surface area (Å²) in [7, 11) is 1.86. The second kappa shape index (κ2) is 8.10. The van der Waals surface area contributed by atoms with Gasteiger partial charge in [-0.3, -0.25) is 4.79 Å². The van der Waals surface area contributed by atoms with Crippen molar-refractivity contribution in [2.24, 2.45) is 5.92 Å². The van der Waals surface area contributed by atoms with E-state index in [-0.39, 0.29) is 11.8 Å². The highest BCUT2D eigenvalue weighted by molar-refractivity contribution is 5.77. The molecule has 0 N–H and O–H groups in total. The molecule has 0 aromatic rings. The number of carbonyl (C=O) groups is 1. The largest absolute Gasteiger partial charge is 0.342 e. The van der Waals surface area contributed by atoms with E-state index in [1.54, 1.807) is 4.90 Å². The number of nitrogens with zero attached hydrogens (tertiary/aromatic N) is 1. The predicted octanol–water partition coefficient (Wildman–Crippen LogP) is 3.79. The third kappa shape index (κ3) is 7.78. The number of amides is 1. The molecule has 0 fully saturated rings. The van der Waals surface area contributed by atoms with Gasteiger partial charge in [0.15, 0.2) is 0 Å². The predicted molar refractivity (Wildman–Crippen MR) is 74.9 cm³/mol. The lowest BCUT2D eigenvalue weighted by Gasteiger charge is -2.17. The molecule has 98 valence electrons. The summed E-state index contributed by atoms with van der Waals surface area (Å²) >= 11 is 0. The maximum Gasteiger partial charge on any atom is 0.225 e. The lowest BCUT2D eigenvalue weighted by Crippen LogP contribution is -2.30. The van der Waals surface area contributed by atoms with Crippen LogP contribution in [0.3, 0.4) is 0 Å². The van der Waals surface area contributed by atoms with Crippen molar-refractivity contribution >= 4 is 5.91 Å². The van der Waals surface area contributed by atoms with Crippen LogP contribution in [-0.2, 0) is 4.79 Å². The van der Waals surface area contributed by atoms with Gasteiger partial charge in [-0.15, -0.1) is 0 Å². The Morgan fingerprint density at radius 2 is 1.76 bits per heavy atom. The monoisotopic (exact) mass is 237 g/mol. The Balaban J connectivity index is 4.06. The Bertz CT molecular complexity index is 296. The third-order valence-corrected chi connectivity index (χ3v) is 2.67. The number of hydrogen-bond donors (Lipinski definition) is 0. The van der Waals surface area contributed by atoms with Gasteiger partial charge in [-0.1, -0.05) is 37.1 Å². The van der Waals surface area contributed by atoms with Crippen molar-refractivity contribution in [3.05, 3.63) is 23.3 Å². The first kappa shape index (κ1) is 16.0. The number of carbonyl (C=O) groups excluding carboxylic acids is 1. The van der Waals surface area contributed by atoms with E-state index >= 15 is 0 Å². The minimum atomic E-state index is 0.0828. The van der Waals surface area contributed by atoms with Crippen LogP contribution in [0.15, 0.2) is 23.3 Å². The van der Waals surface area contributed by atoms with E-state index in [4.69, 9.17) is 0 Å². The molecule has 0 aromatic heterocycles. The van der Waals surface area contributed by atoms with Gasteiger partial charge in [0.1, 0.15) is 0 Å². The zero-order valence-corrected chi connectivity index (χ0v) is 12.2. The molecule has 0 rings (SSSR count). The molecule has 0 aliphatic rings. The van der Waals surface area contributed by atoms with Gasteiger partial charge in [0.25, 0.3) is 0 Å². The zero-order valence-electron chi connectivity index (χ0n) is 12.2. The molecule has 0 aromatic carbocycles. The molecule has 0 aliphatic heterocycles. The summed E-state index contributed by atoms with van der Waals surface area (Å²) in [6.07, 6.45) is 6.57. The van der Waals surface area contributed by atoms with E-state index in [0.717, 1.165) is 19.4 Å². The maximum atomic E-state index is 11.6. The topological polar surface area (TPSA) is 20.3 Å². The van der Waals surface area contributed by atoms with E-state index < -0.39 is 0 Å². The molecule has 0 radical (unpaired) electrons. The molecule has 0 atom stereocenters. The first-order chi connectivity index (χ1) is 7.84. The summed E-state index contributed by atoms with van der Waals surface area (Å²) in [4.78, 5) is 13.4. The molecule has 1 amide bonds. The summed E-state index contributed by atoms with van der Waals surface area (Å²) < 4.78 is 0. The minimum Gasteiger partial charge on any atom is -0.342 e. The average molecular weight is 237 g/mol. The molecule has 0 bridgehead atoms. The highest BCUT2D eigenvalue weighted by atomic mass is 16.2. The van der Waals surface area contributed by atoms with Crippen molar-refractivity contribution in [1.82, 2.24) is 4.90 Å². The van der Waals surface area contributed by atoms with Crippen LogP contribution in [-0.4, -0.2) is 24.4 Å². The SMILES string of the molecule is CC(C)=CCC/C(C)=C/CN(C)C(=O)C(C)C. The summed E-state index contributed by atoms with van der Waals surface area (Å²) in [6.45, 7) is 11.0. The molecule has 0 heterocycles. The van der Waals surface area contributed by atoms with Crippen molar-refractivity contribution in [3.8, 4) is 0 Å². The first-order valence-corrected chi connectivity index (χ1v) is 6.38. The Kier molecular flexibility index (Phi) is 7.60. The van der Waals surface area contributed by atoms with E-state index in [1.807, 2.05) is 20.9 Å². The van der Waals surface area contributed by atoms with Crippen LogP contribution >= 0.6 is 0 Å². The van der Waals surface area contributed by atoms with Gasteiger partial charge in [-0.05, 0) is 33.6 Å². The normalized spacial score (nSPS) is 11.6. The van der Waals surface area contributed by atoms with E-state index in [2.05, 4.69) is 32.9 Å². The van der Waals surface area contributed by atoms with Crippen molar-refractivity contribution in [2.45, 2.75) is 47.5 Å². The van der Waals surface area contributed by atoms with Crippen LogP contribution in [0.1, 0.15) is 47.5 Å². The Hall–Kier alpha value is -1.05. The van der Waals surface area contributed by atoms with Crippen LogP contribution in [0.5, 0.6) is 0 Å². The van der Waals surface area contributed by atoms with Crippen molar-refractivity contribution in [2.75, 3.05) is 13.6 Å². The van der Waals surface area contributed by atoms with Gasteiger partial charge in [0, 0.05) is 19.5 Å². The number of rotatable bonds is 6. The van der Waals surface area contributed by atoms with E-state index in [1.165, 1.54) is 11.1 Å². The van der Waals surface area contributed by atoms with Gasteiger partial charge in [0.2, 0.25) is 5.91 Å². The molecule has 0 saturated heterocycles. The van der Waals surface area contributed by atoms with Crippen LogP contribution in [0.25, 0.3) is 0 Å². The summed E-state index contributed by atoms with van der Waals surface area (Å²) in [5.41, 5.74) is 2.72. The third-order valence-electron chi connectivity index (χ3n) is 2.67. The van der Waals surface area contributed by atoms with Crippen molar-refractivity contribution < 1.29 is 4.79 Å². The summed E-state index contributed by atoms with van der Waals surface area (Å²) in [5.74, 6) is 0.290. The van der Waals surface area contributed by atoms with E-state index in [0.29, 0.717) is 0 Å². The van der Waals surface area contributed by atoms with Crippen LogP contribution in [0, 0.1) is 5.92 Å². The quantitative estimate of drug-likeness (QED) is 0.644. The number of hydrogen-bond acceptors (Lipinski definition) is 1. The standard InChI is InChI=1S/C15H27NO/c1-12(2)8-7-9-14(5)10-11-16(6)15(17)13(3)4/h8,10,13H,7,9,11H2,1-6H3/b14-10+. The molecule has 2 heteroatoms. The smallest absolute Gasteiger partial charge is 0.225 e. The molecule has 0 unspecified atom stereocenters. The molecule has 0 spiro atoms. The fraction of sp³-hybridized carbons (Fsp3) is 0.667. The molecule has 17 heavy (non-hydrogen) atoms. The molecular weight excluding hydrogens is 210 g/mol. The van der Waals surface area contributed by atoms with Crippen LogP contribution in [0.2, 0.25) is 0 Å². The van der Waals surface area contributed by atoms with Gasteiger partial charge in [-0.2, -0.15) is 0 Å². The Labute approximate surface area is 106 Å². The van der Waals surface area contributed by atoms with Gasteiger partial charge in [-0.25, -0.2) is 0 Å². The second-order valence-electron chi connectivity index (χ2n) is 5.24. The van der Waals surface area contributed by atoms with Gasteiger partial charge >= 0.3 is 0 Å². The molecule has 0 saturated carbocycles. The minimum absolute atomic E-state index is 0.0828. The second-order valence-corrected chi connectivity index (χ2v) is 5.24. The first-order valence-electron chi connectivity index (χ1n) is 6.38. The molecule has 0 aliphatic carbocycles. The van der Waals surface area contributed by atoms with Crippen LogP contribution < -0.4 is 0 Å². The number of allylic oxidation sites excluding steroid dienone is 3. The van der Waals surface area contributed by atoms with Crippen molar-refractivity contribution in [1.29, 1.82) is 0 Å². The van der Waals surface area contributed by atoms with Crippen molar-refractivity contribution in [3.63, 3.8) is 0 Å². The van der Waals surface area contributed by atoms with Gasteiger partial charge in [0.05, 0.1) is 0 Å². The summed E-state index contributed by atoms with van der Waals surface area (Å²) in [5, 5.41) is 0. The summed E-state index contributed by atoms with van der Waals surface area (Å²) in [6, 6.07) is 0. The fourth-order valence-corrected chi connectivity index (χ4v) is 1.51. The average Bonchev–Trinajstić information content (AvgIpc) is 2.24. The fourth-order valence-electron chi connectivity index (χ4n) is 1.51. The lowest BCUT2D eigenvalue weighted by molar-refractivity contribution is -0.132. The Morgan fingerprint density at radius 1 is 1.18 bits per heavy atom. The lowest BCUT2D eigenvalue weighted by atomic mass is 10.1. The molecule has 2 nitrogen and oxygen atoms in total. The van der Waals surface area contributed by atoms with Crippen LogP contribution in [0.4, 0.5) is 0 Å². The van der Waals surface area contributed by atoms with E-state index in [9.17, 15) is 4.79 Å². The molecular formula is C15H27NO. The highest BCUT2D eigenvalue weighted by Crippen LogP contribution is 2.07. The highest BCUT2D eigenvalue weighted by Gasteiger charge is 2.10. The Morgan fingerprint density at radius 3 is 2.24 bits per heavy atom. The maximum absolute atomic E-state index is 11.6. The van der Waals surface area contributed by atoms with Gasteiger partial charge < -0.3 is 4.90 Å². The number of likely N-dealkylation sites (N-methyl/N-ethyl adjacent to an activating group) is 1.